The maximum Gasteiger partial charge on any atom is 0.416 e. The number of primary amides is 1. The van der Waals surface area contributed by atoms with Crippen molar-refractivity contribution in [2.75, 3.05) is 10.6 Å². The second-order valence-corrected chi connectivity index (χ2v) is 9.29. The number of benzene rings is 3. The van der Waals surface area contributed by atoms with Crippen LogP contribution < -0.4 is 21.7 Å². The molecule has 1 unspecified atom stereocenters. The number of nitrogen functional groups attached to an aromatic ring is 1. The Bertz CT molecular complexity index is 1540. The lowest BCUT2D eigenvalue weighted by Gasteiger charge is -2.31. The fraction of sp³-hybridized carbons (Fsp3) is 0.111. The van der Waals surface area contributed by atoms with Crippen molar-refractivity contribution < 1.29 is 31.9 Å². The minimum absolute atomic E-state index is 0.0243. The van der Waals surface area contributed by atoms with Crippen molar-refractivity contribution in [2.45, 2.75) is 18.8 Å². The van der Waals surface area contributed by atoms with Gasteiger partial charge in [0.25, 0.3) is 11.8 Å². The topological polar surface area (TPSA) is 131 Å². The molecule has 0 aliphatic rings. The highest BCUT2D eigenvalue weighted by Crippen LogP contribution is 2.37. The fourth-order valence-corrected chi connectivity index (χ4v) is 4.64. The highest BCUT2D eigenvalue weighted by molar-refractivity contribution is 7.09. The summed E-state index contributed by atoms with van der Waals surface area (Å²) in [7, 11) is 0. The molecular formula is C27H21F4N5O3S. The Labute approximate surface area is 229 Å². The molecular weight excluding hydrogens is 550 g/mol. The highest BCUT2D eigenvalue weighted by atomic mass is 32.1. The molecule has 0 fully saturated rings. The molecule has 0 bridgehead atoms. The normalized spacial score (nSPS) is 12.0. The smallest absolute Gasteiger partial charge is 0.395 e. The zero-order valence-corrected chi connectivity index (χ0v) is 21.3. The van der Waals surface area contributed by atoms with Gasteiger partial charge in [-0.1, -0.05) is 48.5 Å². The van der Waals surface area contributed by atoms with Crippen LogP contribution in [0.5, 0.6) is 0 Å². The van der Waals surface area contributed by atoms with Gasteiger partial charge in [-0.05, 0) is 53.0 Å². The van der Waals surface area contributed by atoms with Crippen molar-refractivity contribution in [3.8, 4) is 0 Å². The molecule has 5 N–H and O–H groups in total. The molecule has 40 heavy (non-hydrogen) atoms. The number of nitrogens with zero attached hydrogens (tertiary/aromatic N) is 2. The van der Waals surface area contributed by atoms with Crippen LogP contribution in [0.1, 0.15) is 42.9 Å². The lowest BCUT2D eigenvalue weighted by Crippen LogP contribution is -2.44. The van der Waals surface area contributed by atoms with Crippen molar-refractivity contribution in [2.24, 2.45) is 5.73 Å². The van der Waals surface area contributed by atoms with Crippen molar-refractivity contribution >= 4 is 40.6 Å². The predicted molar refractivity (Wildman–Crippen MR) is 141 cm³/mol. The molecule has 13 heteroatoms. The van der Waals surface area contributed by atoms with E-state index in [1.54, 1.807) is 30.3 Å². The van der Waals surface area contributed by atoms with Crippen LogP contribution >= 0.6 is 11.5 Å². The Morgan fingerprint density at radius 2 is 1.65 bits per heavy atom. The zero-order valence-electron chi connectivity index (χ0n) is 20.5. The van der Waals surface area contributed by atoms with Crippen LogP contribution in [0.3, 0.4) is 0 Å². The van der Waals surface area contributed by atoms with E-state index < -0.39 is 47.0 Å². The number of amides is 3. The summed E-state index contributed by atoms with van der Waals surface area (Å²) in [6.45, 7) is 0.0243. The molecule has 1 aromatic heterocycles. The van der Waals surface area contributed by atoms with Gasteiger partial charge in [0.1, 0.15) is 16.7 Å². The predicted octanol–water partition coefficient (Wildman–Crippen LogP) is 4.69. The third-order valence-corrected chi connectivity index (χ3v) is 6.68. The lowest BCUT2D eigenvalue weighted by molar-refractivity contribution is -0.137. The number of hydrogen-bond donors (Lipinski definition) is 3. The van der Waals surface area contributed by atoms with Crippen LogP contribution in [0.2, 0.25) is 0 Å². The third-order valence-electron chi connectivity index (χ3n) is 5.83. The molecule has 0 aliphatic carbocycles. The summed E-state index contributed by atoms with van der Waals surface area (Å²) in [6, 6.07) is 15.5. The summed E-state index contributed by atoms with van der Waals surface area (Å²) in [5.74, 6) is -3.46. The van der Waals surface area contributed by atoms with Gasteiger partial charge in [-0.15, -0.1) is 0 Å². The molecule has 0 saturated heterocycles. The van der Waals surface area contributed by atoms with E-state index in [2.05, 4.69) is 9.69 Å². The maximum absolute atomic E-state index is 14.0. The van der Waals surface area contributed by atoms with Gasteiger partial charge in [-0.2, -0.15) is 17.5 Å². The van der Waals surface area contributed by atoms with E-state index >= 15 is 0 Å². The van der Waals surface area contributed by atoms with Crippen molar-refractivity contribution in [3.63, 3.8) is 0 Å². The van der Waals surface area contributed by atoms with Gasteiger partial charge in [-0.3, -0.25) is 19.3 Å². The van der Waals surface area contributed by atoms with Crippen LogP contribution in [0, 0.1) is 5.82 Å². The average molecular weight is 572 g/mol. The molecule has 3 amide bonds. The van der Waals surface area contributed by atoms with E-state index in [1.807, 2.05) is 0 Å². The first-order valence-corrected chi connectivity index (χ1v) is 12.4. The van der Waals surface area contributed by atoms with Crippen LogP contribution in [0.15, 0.2) is 78.9 Å². The van der Waals surface area contributed by atoms with Gasteiger partial charge < -0.3 is 16.8 Å². The number of carbonyl (C=O) groups excluding carboxylic acids is 3. The molecule has 0 spiro atoms. The van der Waals surface area contributed by atoms with E-state index in [0.717, 1.165) is 29.2 Å². The molecule has 4 aromatic rings. The largest absolute Gasteiger partial charge is 0.416 e. The van der Waals surface area contributed by atoms with E-state index in [0.29, 0.717) is 23.2 Å². The fourth-order valence-electron chi connectivity index (χ4n) is 3.90. The van der Waals surface area contributed by atoms with Crippen molar-refractivity contribution in [1.82, 2.24) is 9.69 Å². The number of carbonyl (C=O) groups is 3. The summed E-state index contributed by atoms with van der Waals surface area (Å²) < 4.78 is 58.5. The summed E-state index contributed by atoms with van der Waals surface area (Å²) in [6.07, 6.45) is -4.77. The minimum atomic E-state index is -4.77. The second-order valence-electron chi connectivity index (χ2n) is 8.52. The van der Waals surface area contributed by atoms with Gasteiger partial charge in [-0.25, -0.2) is 4.39 Å². The van der Waals surface area contributed by atoms with Crippen molar-refractivity contribution in [3.05, 3.63) is 112 Å². The maximum atomic E-state index is 14.0. The van der Waals surface area contributed by atoms with Crippen LogP contribution in [0.4, 0.5) is 28.9 Å². The number of halogens is 4. The van der Waals surface area contributed by atoms with E-state index in [1.165, 1.54) is 18.2 Å². The Kier molecular flexibility index (Phi) is 8.14. The number of alkyl halides is 3. The number of hydrogen-bond acceptors (Lipinski definition) is 6. The molecule has 4 rings (SSSR count). The highest BCUT2D eigenvalue weighted by Gasteiger charge is 2.38. The van der Waals surface area contributed by atoms with E-state index in [9.17, 15) is 31.9 Å². The first-order chi connectivity index (χ1) is 19.0. The average Bonchev–Trinajstić information content (AvgIpc) is 3.32. The Morgan fingerprint density at radius 3 is 2.25 bits per heavy atom. The quantitative estimate of drug-likeness (QED) is 0.264. The summed E-state index contributed by atoms with van der Waals surface area (Å²) in [5.41, 5.74) is 9.85. The SMILES string of the molecule is NC(=O)c1nsc(C(=O)N(c2cccc(C(F)(F)F)c2)C(C(=O)NCc2ccccc2)c2ccc(F)cc2)c1N. The first kappa shape index (κ1) is 28.2. The summed E-state index contributed by atoms with van der Waals surface area (Å²) >= 11 is 0.501. The first-order valence-electron chi connectivity index (χ1n) is 11.6. The van der Waals surface area contributed by atoms with Gasteiger partial charge in [0, 0.05) is 12.2 Å². The molecule has 1 heterocycles. The molecule has 0 radical (unpaired) electrons. The number of aromatic nitrogens is 1. The Balaban J connectivity index is 1.88. The third kappa shape index (κ3) is 6.10. The van der Waals surface area contributed by atoms with Crippen LogP contribution in [-0.4, -0.2) is 22.1 Å². The van der Waals surface area contributed by atoms with Gasteiger partial charge >= 0.3 is 6.18 Å². The van der Waals surface area contributed by atoms with Crippen molar-refractivity contribution in [1.29, 1.82) is 0 Å². The van der Waals surface area contributed by atoms with E-state index in [-0.39, 0.29) is 28.4 Å². The molecule has 0 aliphatic heterocycles. The second kappa shape index (κ2) is 11.5. The molecule has 3 aromatic carbocycles. The van der Waals surface area contributed by atoms with Gasteiger partial charge in [0.2, 0.25) is 5.91 Å². The van der Waals surface area contributed by atoms with Crippen LogP contribution in [0.25, 0.3) is 0 Å². The minimum Gasteiger partial charge on any atom is -0.395 e. The summed E-state index contributed by atoms with van der Waals surface area (Å²) in [4.78, 5) is 39.8. The number of nitrogens with one attached hydrogen (secondary N) is 1. The Hall–Kier alpha value is -4.78. The molecule has 0 saturated carbocycles. The molecule has 206 valence electrons. The number of rotatable bonds is 8. The van der Waals surface area contributed by atoms with Gasteiger partial charge in [0.15, 0.2) is 5.69 Å². The standard InChI is InChI=1S/C27H21F4N5O3S/c28-18-11-9-16(10-12-18)22(25(38)34-14-15-5-2-1-3-6-15)36(19-8-4-7-17(13-19)27(29,30)31)26(39)23-20(32)21(24(33)37)35-40-23/h1-13,22H,14,32H2,(H2,33,37)(H,34,38). The lowest BCUT2D eigenvalue weighted by atomic mass is 10.0. The molecule has 8 nitrogen and oxygen atoms in total. The number of nitrogens with two attached hydrogens (primary N) is 2. The van der Waals surface area contributed by atoms with E-state index in [4.69, 9.17) is 11.5 Å². The molecule has 1 atom stereocenters. The van der Waals surface area contributed by atoms with Gasteiger partial charge in [0.05, 0.1) is 11.3 Å². The number of anilines is 2. The summed E-state index contributed by atoms with van der Waals surface area (Å²) in [5, 5.41) is 2.69. The zero-order chi connectivity index (χ0) is 29.0. The monoisotopic (exact) mass is 571 g/mol. The van der Waals surface area contributed by atoms with Crippen LogP contribution in [-0.2, 0) is 17.5 Å². The Morgan fingerprint density at radius 1 is 0.975 bits per heavy atom.